The van der Waals surface area contributed by atoms with Crippen LogP contribution in [0.5, 0.6) is 0 Å². The van der Waals surface area contributed by atoms with Crippen LogP contribution in [0.3, 0.4) is 0 Å². The van der Waals surface area contributed by atoms with Crippen molar-refractivity contribution in [2.75, 3.05) is 5.32 Å². The molecule has 0 atom stereocenters. The largest absolute Gasteiger partial charge is 0.311 e. The molecule has 19 heavy (non-hydrogen) atoms. The number of carbonyl (C=O) groups excluding carboxylic acids is 1. The quantitative estimate of drug-likeness (QED) is 0.900. The molecule has 0 bridgehead atoms. The van der Waals surface area contributed by atoms with Crippen molar-refractivity contribution >= 4 is 11.7 Å². The summed E-state index contributed by atoms with van der Waals surface area (Å²) in [6.07, 6.45) is 3.56. The average molecular weight is 258 g/mol. The molecule has 0 saturated heterocycles. The maximum atomic E-state index is 11.0. The zero-order valence-corrected chi connectivity index (χ0v) is 11.6. The zero-order chi connectivity index (χ0) is 14.0. The van der Waals surface area contributed by atoms with E-state index in [2.05, 4.69) is 36.2 Å². The molecule has 0 saturated carbocycles. The SMILES string of the molecule is CC(=O)Nc1cc(-n2ccc(C(C)(C)C)n2)ccn1. The van der Waals surface area contributed by atoms with Crippen molar-refractivity contribution in [3.05, 3.63) is 36.3 Å². The molecule has 0 aliphatic carbocycles. The summed E-state index contributed by atoms with van der Waals surface area (Å²) in [5, 5.41) is 7.21. The predicted octanol–water partition coefficient (Wildman–Crippen LogP) is 2.52. The lowest BCUT2D eigenvalue weighted by molar-refractivity contribution is -0.114. The van der Waals surface area contributed by atoms with E-state index in [9.17, 15) is 4.79 Å². The smallest absolute Gasteiger partial charge is 0.222 e. The minimum Gasteiger partial charge on any atom is -0.311 e. The molecule has 100 valence electrons. The molecule has 0 spiro atoms. The van der Waals surface area contributed by atoms with Crippen molar-refractivity contribution in [2.24, 2.45) is 0 Å². The van der Waals surface area contributed by atoms with Gasteiger partial charge in [-0.3, -0.25) is 4.79 Å². The Balaban J connectivity index is 2.31. The molecule has 0 unspecified atom stereocenters. The van der Waals surface area contributed by atoms with Crippen LogP contribution in [0.15, 0.2) is 30.6 Å². The van der Waals surface area contributed by atoms with E-state index in [0.717, 1.165) is 11.4 Å². The average Bonchev–Trinajstić information content (AvgIpc) is 2.77. The zero-order valence-electron chi connectivity index (χ0n) is 11.6. The van der Waals surface area contributed by atoms with E-state index in [4.69, 9.17) is 0 Å². The molecule has 2 aromatic heterocycles. The van der Waals surface area contributed by atoms with Crippen LogP contribution in [-0.2, 0) is 10.2 Å². The van der Waals surface area contributed by atoms with Gasteiger partial charge in [-0.1, -0.05) is 20.8 Å². The number of carbonyl (C=O) groups is 1. The number of rotatable bonds is 2. The van der Waals surface area contributed by atoms with E-state index in [1.54, 1.807) is 16.9 Å². The number of aromatic nitrogens is 3. The van der Waals surface area contributed by atoms with Crippen molar-refractivity contribution in [2.45, 2.75) is 33.1 Å². The second kappa shape index (κ2) is 4.84. The summed E-state index contributed by atoms with van der Waals surface area (Å²) >= 11 is 0. The standard InChI is InChI=1S/C14H18N4O/c1-10(19)16-13-9-11(5-7-15-13)18-8-6-12(17-18)14(2,3)4/h5-9H,1-4H3,(H,15,16,19). The summed E-state index contributed by atoms with van der Waals surface area (Å²) in [4.78, 5) is 15.1. The molecule has 1 N–H and O–H groups in total. The third-order valence-corrected chi connectivity index (χ3v) is 2.67. The lowest BCUT2D eigenvalue weighted by Gasteiger charge is -2.14. The van der Waals surface area contributed by atoms with Gasteiger partial charge in [0.15, 0.2) is 0 Å². The Morgan fingerprint density at radius 1 is 1.32 bits per heavy atom. The fourth-order valence-corrected chi connectivity index (χ4v) is 1.68. The number of hydrogen-bond acceptors (Lipinski definition) is 3. The molecular formula is C14H18N4O. The van der Waals surface area contributed by atoms with Crippen LogP contribution >= 0.6 is 0 Å². The van der Waals surface area contributed by atoms with E-state index in [1.165, 1.54) is 6.92 Å². The fourth-order valence-electron chi connectivity index (χ4n) is 1.68. The topological polar surface area (TPSA) is 59.8 Å². The molecule has 5 nitrogen and oxygen atoms in total. The fraction of sp³-hybridized carbons (Fsp3) is 0.357. The van der Waals surface area contributed by atoms with Crippen LogP contribution in [0, 0.1) is 0 Å². The summed E-state index contributed by atoms with van der Waals surface area (Å²) < 4.78 is 1.79. The van der Waals surface area contributed by atoms with Crippen LogP contribution in [-0.4, -0.2) is 20.7 Å². The summed E-state index contributed by atoms with van der Waals surface area (Å²) in [5.41, 5.74) is 1.90. The van der Waals surface area contributed by atoms with Gasteiger partial charge < -0.3 is 5.32 Å². The molecule has 0 fully saturated rings. The highest BCUT2D eigenvalue weighted by atomic mass is 16.1. The van der Waals surface area contributed by atoms with Crippen molar-refractivity contribution < 1.29 is 4.79 Å². The van der Waals surface area contributed by atoms with Crippen LogP contribution in [0.4, 0.5) is 5.82 Å². The molecule has 0 aromatic carbocycles. The van der Waals surface area contributed by atoms with Crippen LogP contribution in [0.1, 0.15) is 33.4 Å². The first kappa shape index (κ1) is 13.3. The van der Waals surface area contributed by atoms with Gasteiger partial charge in [0.25, 0.3) is 0 Å². The van der Waals surface area contributed by atoms with Crippen LogP contribution < -0.4 is 5.32 Å². The number of pyridine rings is 1. The van der Waals surface area contributed by atoms with E-state index in [-0.39, 0.29) is 11.3 Å². The van der Waals surface area contributed by atoms with E-state index >= 15 is 0 Å². The second-order valence-corrected chi connectivity index (χ2v) is 5.48. The normalized spacial score (nSPS) is 11.4. The van der Waals surface area contributed by atoms with Crippen LogP contribution in [0.2, 0.25) is 0 Å². The predicted molar refractivity (Wildman–Crippen MR) is 74.4 cm³/mol. The van der Waals surface area contributed by atoms with E-state index in [0.29, 0.717) is 5.82 Å². The lowest BCUT2D eigenvalue weighted by Crippen LogP contribution is -2.12. The Hall–Kier alpha value is -2.17. The molecule has 0 radical (unpaired) electrons. The maximum absolute atomic E-state index is 11.0. The van der Waals surface area contributed by atoms with Gasteiger partial charge in [-0.15, -0.1) is 0 Å². The Labute approximate surface area is 112 Å². The maximum Gasteiger partial charge on any atom is 0.222 e. The highest BCUT2D eigenvalue weighted by Gasteiger charge is 2.17. The van der Waals surface area contributed by atoms with Gasteiger partial charge in [-0.05, 0) is 12.1 Å². The minimum absolute atomic E-state index is 0.0126. The summed E-state index contributed by atoms with van der Waals surface area (Å²) in [6.45, 7) is 7.82. The Morgan fingerprint density at radius 2 is 2.05 bits per heavy atom. The Kier molecular flexibility index (Phi) is 3.38. The number of nitrogens with zero attached hydrogens (tertiary/aromatic N) is 3. The number of amides is 1. The summed E-state index contributed by atoms with van der Waals surface area (Å²) in [7, 11) is 0. The Morgan fingerprint density at radius 3 is 2.63 bits per heavy atom. The first-order valence-corrected chi connectivity index (χ1v) is 6.16. The van der Waals surface area contributed by atoms with Gasteiger partial charge in [0.05, 0.1) is 11.4 Å². The van der Waals surface area contributed by atoms with Gasteiger partial charge in [0.1, 0.15) is 5.82 Å². The van der Waals surface area contributed by atoms with Crippen LogP contribution in [0.25, 0.3) is 5.69 Å². The summed E-state index contributed by atoms with van der Waals surface area (Å²) in [6, 6.07) is 5.64. The lowest BCUT2D eigenvalue weighted by atomic mass is 9.93. The molecule has 0 aliphatic rings. The van der Waals surface area contributed by atoms with Crippen molar-refractivity contribution in [3.8, 4) is 5.69 Å². The van der Waals surface area contributed by atoms with Gasteiger partial charge in [0, 0.05) is 30.8 Å². The molecule has 1 amide bonds. The minimum atomic E-state index is -0.138. The molecular weight excluding hydrogens is 240 g/mol. The van der Waals surface area contributed by atoms with E-state index in [1.807, 2.05) is 18.3 Å². The molecule has 2 heterocycles. The third-order valence-electron chi connectivity index (χ3n) is 2.67. The molecule has 0 aliphatic heterocycles. The number of nitrogens with one attached hydrogen (secondary N) is 1. The van der Waals surface area contributed by atoms with Crippen molar-refractivity contribution in [3.63, 3.8) is 0 Å². The van der Waals surface area contributed by atoms with Crippen molar-refractivity contribution in [1.82, 2.24) is 14.8 Å². The van der Waals surface area contributed by atoms with Gasteiger partial charge >= 0.3 is 0 Å². The monoisotopic (exact) mass is 258 g/mol. The first-order valence-electron chi connectivity index (χ1n) is 6.16. The Bertz CT molecular complexity index is 595. The summed E-state index contributed by atoms with van der Waals surface area (Å²) in [5.74, 6) is 0.387. The van der Waals surface area contributed by atoms with Gasteiger partial charge in [-0.25, -0.2) is 9.67 Å². The highest BCUT2D eigenvalue weighted by molar-refractivity contribution is 5.87. The molecule has 2 aromatic rings. The van der Waals surface area contributed by atoms with E-state index < -0.39 is 0 Å². The van der Waals surface area contributed by atoms with Gasteiger partial charge in [0.2, 0.25) is 5.91 Å². The number of anilines is 1. The van der Waals surface area contributed by atoms with Crippen molar-refractivity contribution in [1.29, 1.82) is 0 Å². The number of hydrogen-bond donors (Lipinski definition) is 1. The third kappa shape index (κ3) is 3.19. The highest BCUT2D eigenvalue weighted by Crippen LogP contribution is 2.21. The molecule has 2 rings (SSSR count). The second-order valence-electron chi connectivity index (χ2n) is 5.48. The van der Waals surface area contributed by atoms with Gasteiger partial charge in [-0.2, -0.15) is 5.10 Å². The molecule has 5 heteroatoms. The first-order chi connectivity index (χ1) is 8.86.